The average Bonchev–Trinajstić information content (AvgIpc) is 1.83. The first-order valence-electron chi connectivity index (χ1n) is 28.6. The van der Waals surface area contributed by atoms with Gasteiger partial charge in [-0.15, -0.1) is 0 Å². The van der Waals surface area contributed by atoms with Gasteiger partial charge in [0.05, 0.1) is 69.6 Å². The van der Waals surface area contributed by atoms with Crippen molar-refractivity contribution in [1.29, 1.82) is 0 Å². The van der Waals surface area contributed by atoms with E-state index in [-0.39, 0.29) is 51.7 Å². The fraction of sp³-hybridized carbons (Fsp3) is 0.281. The highest BCUT2D eigenvalue weighted by molar-refractivity contribution is 7.85. The van der Waals surface area contributed by atoms with Gasteiger partial charge in [-0.2, -0.15) is 16.8 Å². The molecular formula is C64H76N10O15S2. The van der Waals surface area contributed by atoms with E-state index in [0.29, 0.717) is 68.8 Å². The Kier molecular flexibility index (Phi) is 25.0. The number of aromatic hydroxyl groups is 2. The summed E-state index contributed by atoms with van der Waals surface area (Å²) < 4.78 is 53.8. The van der Waals surface area contributed by atoms with E-state index in [1.165, 1.54) is 38.1 Å². The molecule has 25 nitrogen and oxygen atoms in total. The lowest BCUT2D eigenvalue weighted by molar-refractivity contribution is -0.120. The van der Waals surface area contributed by atoms with Crippen LogP contribution in [0, 0.1) is 0 Å². The van der Waals surface area contributed by atoms with Crippen molar-refractivity contribution in [2.45, 2.75) is 13.8 Å². The Morgan fingerprint density at radius 1 is 0.484 bits per heavy atom. The number of rotatable bonds is 16. The van der Waals surface area contributed by atoms with E-state index in [1.54, 1.807) is 36.0 Å². The zero-order valence-electron chi connectivity index (χ0n) is 51.2. The number of aromatic carboxylic acids is 2. The fourth-order valence-corrected chi connectivity index (χ4v) is 9.49. The molecule has 10 rings (SSSR count). The molecule has 2 fully saturated rings. The predicted molar refractivity (Wildman–Crippen MR) is 353 cm³/mol. The van der Waals surface area contributed by atoms with Crippen molar-refractivity contribution in [2.24, 2.45) is 9.98 Å². The van der Waals surface area contributed by atoms with Gasteiger partial charge in [0.2, 0.25) is 11.8 Å². The molecular weight excluding hydrogens is 1210 g/mol. The Morgan fingerprint density at radius 2 is 0.791 bits per heavy atom. The first kappa shape index (κ1) is 70.9. The van der Waals surface area contributed by atoms with Crippen LogP contribution in [-0.4, -0.2) is 222 Å². The first-order valence-corrected chi connectivity index (χ1v) is 31.8. The number of aromatic amines is 2. The van der Waals surface area contributed by atoms with Gasteiger partial charge in [-0.25, -0.2) is 19.6 Å². The third-order valence-electron chi connectivity index (χ3n) is 15.0. The largest absolute Gasteiger partial charge is 0.494 e. The number of anilines is 2. The smallest absolute Gasteiger partial charge is 0.335 e. The van der Waals surface area contributed by atoms with Crippen molar-refractivity contribution in [2.75, 3.05) is 115 Å². The van der Waals surface area contributed by atoms with E-state index >= 15 is 0 Å². The van der Waals surface area contributed by atoms with Crippen LogP contribution in [0.1, 0.15) is 56.8 Å². The van der Waals surface area contributed by atoms with Gasteiger partial charge >= 0.3 is 11.9 Å². The fourth-order valence-electron chi connectivity index (χ4n) is 9.49. The van der Waals surface area contributed by atoms with Crippen molar-refractivity contribution >= 4 is 100.0 Å². The molecule has 0 atom stereocenters. The minimum absolute atomic E-state index is 0. The molecule has 0 unspecified atom stereocenters. The number of carbonyl (C=O) groups excluding carboxylic acids is 2. The summed E-state index contributed by atoms with van der Waals surface area (Å²) in [5.41, 5.74) is 7.70. The molecule has 2 aliphatic rings. The molecule has 10 N–H and O–H groups in total. The quantitative estimate of drug-likeness (QED) is 0.0361. The number of benzene rings is 6. The third-order valence-corrected chi connectivity index (χ3v) is 16.4. The summed E-state index contributed by atoms with van der Waals surface area (Å²) in [5, 5.41) is 41.8. The molecule has 27 heteroatoms. The second-order valence-electron chi connectivity index (χ2n) is 21.3. The molecule has 2 aromatic heterocycles. The highest BCUT2D eigenvalue weighted by Gasteiger charge is 2.24. The number of fused-ring (bicyclic) bond motifs is 2. The number of aromatic nitrogens is 2. The van der Waals surface area contributed by atoms with Gasteiger partial charge in [0.25, 0.3) is 20.2 Å². The SMILES string of the molecule is CCS(=O)(=O)O.CCS(=O)(=O)O.CN1CCN(CC(=O)N(C)c2ccc(N=C(c3ccccc3)c3c(O)[nH]c4cc(C(=O)O)ccc34)cc2)CC1.CN1CCN(CC(=O)N(C)c2ccc(N=C(c3ccccc3)c3c(O)[nH]c4cc(C(=O)O)ccc34)cc2)CC1.O. The highest BCUT2D eigenvalue weighted by atomic mass is 32.2. The highest BCUT2D eigenvalue weighted by Crippen LogP contribution is 2.35. The number of hydrogen-bond donors (Lipinski definition) is 8. The van der Waals surface area contributed by atoms with Gasteiger partial charge < -0.3 is 55.5 Å². The van der Waals surface area contributed by atoms with Crippen LogP contribution in [0.25, 0.3) is 21.8 Å². The monoisotopic (exact) mass is 1290 g/mol. The lowest BCUT2D eigenvalue weighted by atomic mass is 10.00. The van der Waals surface area contributed by atoms with Crippen molar-refractivity contribution < 1.29 is 71.0 Å². The number of H-pyrrole nitrogens is 2. The summed E-state index contributed by atoms with van der Waals surface area (Å²) in [4.78, 5) is 76.4. The maximum Gasteiger partial charge on any atom is 0.335 e. The Bertz CT molecular complexity index is 3830. The molecule has 4 heterocycles. The summed E-state index contributed by atoms with van der Waals surface area (Å²) in [6.45, 7) is 10.9. The van der Waals surface area contributed by atoms with Crippen LogP contribution in [-0.2, 0) is 29.8 Å². The van der Waals surface area contributed by atoms with Crippen molar-refractivity contribution in [1.82, 2.24) is 29.6 Å². The zero-order valence-corrected chi connectivity index (χ0v) is 52.8. The van der Waals surface area contributed by atoms with Gasteiger partial charge in [0, 0.05) is 111 Å². The van der Waals surface area contributed by atoms with Gasteiger partial charge in [-0.05, 0) is 101 Å². The number of carboxylic acids is 2. The topological polar surface area (TPSA) is 365 Å². The second kappa shape index (κ2) is 32.0. The number of nitrogens with zero attached hydrogens (tertiary/aromatic N) is 8. The Balaban J connectivity index is 0.000000243. The van der Waals surface area contributed by atoms with Crippen molar-refractivity contribution in [3.63, 3.8) is 0 Å². The summed E-state index contributed by atoms with van der Waals surface area (Å²) >= 11 is 0. The second-order valence-corrected chi connectivity index (χ2v) is 24.8. The maximum absolute atomic E-state index is 12.9. The van der Waals surface area contributed by atoms with E-state index in [9.17, 15) is 56.4 Å². The van der Waals surface area contributed by atoms with Crippen LogP contribution in [0.4, 0.5) is 22.7 Å². The minimum Gasteiger partial charge on any atom is -0.494 e. The van der Waals surface area contributed by atoms with Crippen LogP contribution >= 0.6 is 0 Å². The molecule has 8 aromatic rings. The Morgan fingerprint density at radius 3 is 1.08 bits per heavy atom. The van der Waals surface area contributed by atoms with E-state index in [4.69, 9.17) is 19.1 Å². The van der Waals surface area contributed by atoms with Crippen molar-refractivity contribution in [3.05, 3.63) is 179 Å². The van der Waals surface area contributed by atoms with Crippen LogP contribution in [0.15, 0.2) is 156 Å². The molecule has 6 aromatic carbocycles. The van der Waals surface area contributed by atoms with Crippen LogP contribution in [0.2, 0.25) is 0 Å². The summed E-state index contributed by atoms with van der Waals surface area (Å²) in [6, 6.07) is 43.1. The van der Waals surface area contributed by atoms with E-state index < -0.39 is 32.2 Å². The number of nitrogens with one attached hydrogen (secondary N) is 2. The van der Waals surface area contributed by atoms with E-state index in [2.05, 4.69) is 43.7 Å². The zero-order chi connectivity index (χ0) is 65.5. The molecule has 484 valence electrons. The number of amides is 2. The molecule has 2 aliphatic heterocycles. The number of aliphatic imine (C=N–C) groups is 2. The lowest BCUT2D eigenvalue weighted by Crippen LogP contribution is -2.48. The summed E-state index contributed by atoms with van der Waals surface area (Å²) in [6.07, 6.45) is 0. The normalized spacial score (nSPS) is 14.4. The average molecular weight is 1290 g/mol. The predicted octanol–water partition coefficient (Wildman–Crippen LogP) is 6.87. The Hall–Kier alpha value is -9.16. The Labute approximate surface area is 527 Å². The summed E-state index contributed by atoms with van der Waals surface area (Å²) in [5.74, 6) is -2.62. The molecule has 0 spiro atoms. The standard InChI is InChI=1S/2C30H31N5O4.2C2H6O3S.H2O/c2*1-33-14-16-35(17-15-33)19-26(36)34(2)23-11-9-22(10-12-23)31-28(20-6-4-3-5-7-20)27-24-13-8-21(30(38)39)18-25(24)32-29(27)37;2*1-2-6(3,4)5;/h2*3-13,18,32,37H,14-17,19H2,1-2H3,(H,38,39);2*2H2,1H3,(H,3,4,5);1H2. The first-order chi connectivity index (χ1) is 42.7. The van der Waals surface area contributed by atoms with Gasteiger partial charge in [-0.3, -0.25) is 28.5 Å². The number of hydrogen-bond acceptors (Lipinski definition) is 16. The molecule has 0 saturated carbocycles. The van der Waals surface area contributed by atoms with Crippen LogP contribution in [0.5, 0.6) is 11.8 Å². The molecule has 2 amide bonds. The van der Waals surface area contributed by atoms with E-state index in [1.807, 2.05) is 109 Å². The lowest BCUT2D eigenvalue weighted by Gasteiger charge is -2.32. The molecule has 2 saturated heterocycles. The summed E-state index contributed by atoms with van der Waals surface area (Å²) in [7, 11) is 0.416. The third kappa shape index (κ3) is 19.9. The van der Waals surface area contributed by atoms with Gasteiger partial charge in [0.1, 0.15) is 0 Å². The van der Waals surface area contributed by atoms with Gasteiger partial charge in [-0.1, -0.05) is 72.8 Å². The van der Waals surface area contributed by atoms with Gasteiger partial charge in [0.15, 0.2) is 11.8 Å². The maximum atomic E-state index is 12.9. The number of carbonyl (C=O) groups is 4. The van der Waals surface area contributed by atoms with Crippen molar-refractivity contribution in [3.8, 4) is 11.8 Å². The van der Waals surface area contributed by atoms with Crippen LogP contribution in [0.3, 0.4) is 0 Å². The molecule has 0 bridgehead atoms. The molecule has 91 heavy (non-hydrogen) atoms. The minimum atomic E-state index is -3.66. The van der Waals surface area contributed by atoms with Crippen LogP contribution < -0.4 is 9.80 Å². The molecule has 0 aliphatic carbocycles. The van der Waals surface area contributed by atoms with E-state index in [0.717, 1.165) is 74.9 Å². The number of carboxylic acid groups (broad SMARTS) is 2. The molecule has 0 radical (unpaired) electrons. The number of piperazine rings is 2. The number of likely N-dealkylation sites (N-methyl/N-ethyl adjacent to an activating group) is 4.